The molecule has 0 spiro atoms. The van der Waals surface area contributed by atoms with Crippen LogP contribution in [0.2, 0.25) is 0 Å². The largest absolute Gasteiger partial charge is 0.394 e. The minimum Gasteiger partial charge on any atom is -0.394 e. The van der Waals surface area contributed by atoms with Gasteiger partial charge in [0.25, 0.3) is 5.91 Å². The van der Waals surface area contributed by atoms with Gasteiger partial charge in [-0.25, -0.2) is 0 Å². The van der Waals surface area contributed by atoms with Gasteiger partial charge in [0.15, 0.2) is 11.2 Å². The van der Waals surface area contributed by atoms with Gasteiger partial charge in [0.1, 0.15) is 0 Å². The minimum atomic E-state index is -1.07. The van der Waals surface area contributed by atoms with Gasteiger partial charge in [-0.3, -0.25) is 4.79 Å². The average molecular weight is 229 g/mol. The van der Waals surface area contributed by atoms with Crippen molar-refractivity contribution in [1.29, 1.82) is 0 Å². The topological polar surface area (TPSA) is 85.5 Å². The van der Waals surface area contributed by atoms with Crippen molar-refractivity contribution in [2.45, 2.75) is 44.9 Å². The molecule has 0 aromatic heterocycles. The van der Waals surface area contributed by atoms with Crippen molar-refractivity contribution in [2.24, 2.45) is 10.2 Å². The first-order valence-corrected chi connectivity index (χ1v) is 5.28. The zero-order valence-electron chi connectivity index (χ0n) is 10.1. The van der Waals surface area contributed by atoms with Crippen LogP contribution in [-0.4, -0.2) is 51.5 Å². The molecule has 1 amide bonds. The summed E-state index contributed by atoms with van der Waals surface area (Å²) in [7, 11) is 0. The van der Waals surface area contributed by atoms with E-state index < -0.39 is 17.2 Å². The number of carbonyl (C=O) groups is 1. The molecule has 0 aliphatic carbocycles. The van der Waals surface area contributed by atoms with Crippen LogP contribution >= 0.6 is 0 Å². The standard InChI is InChI=1S/C10H19N3O3/c1-7(5-14)13-8(16)9(2,3)11-12-10(13,4)6-15/h7,14-15H,5-6H2,1-4H3. The summed E-state index contributed by atoms with van der Waals surface area (Å²) in [6, 6.07) is -0.400. The van der Waals surface area contributed by atoms with Gasteiger partial charge < -0.3 is 15.1 Å². The summed E-state index contributed by atoms with van der Waals surface area (Å²) in [4.78, 5) is 13.6. The Labute approximate surface area is 95.0 Å². The molecule has 2 atom stereocenters. The van der Waals surface area contributed by atoms with Crippen LogP contribution in [0.25, 0.3) is 0 Å². The Hall–Kier alpha value is -1.01. The second-order valence-electron chi connectivity index (χ2n) is 4.84. The summed E-state index contributed by atoms with van der Waals surface area (Å²) >= 11 is 0. The predicted molar refractivity (Wildman–Crippen MR) is 57.8 cm³/mol. The van der Waals surface area contributed by atoms with Gasteiger partial charge in [-0.05, 0) is 27.7 Å². The molecule has 6 heteroatoms. The summed E-state index contributed by atoms with van der Waals surface area (Å²) in [5, 5.41) is 26.4. The van der Waals surface area contributed by atoms with Crippen molar-refractivity contribution in [3.05, 3.63) is 0 Å². The first-order valence-electron chi connectivity index (χ1n) is 5.28. The predicted octanol–water partition coefficient (Wildman–Crippen LogP) is 0.149. The highest BCUT2D eigenvalue weighted by atomic mass is 16.3. The van der Waals surface area contributed by atoms with Gasteiger partial charge in [0, 0.05) is 0 Å². The maximum absolute atomic E-state index is 12.2. The van der Waals surface area contributed by atoms with Crippen molar-refractivity contribution in [3.8, 4) is 0 Å². The Kier molecular flexibility index (Phi) is 3.35. The quantitative estimate of drug-likeness (QED) is 0.722. The van der Waals surface area contributed by atoms with Crippen LogP contribution in [0, 0.1) is 0 Å². The molecule has 0 aromatic rings. The molecule has 1 aliphatic rings. The Morgan fingerprint density at radius 3 is 2.31 bits per heavy atom. The molecule has 2 N–H and O–H groups in total. The van der Waals surface area contributed by atoms with E-state index in [4.69, 9.17) is 5.11 Å². The maximum atomic E-state index is 12.2. The molecule has 92 valence electrons. The SMILES string of the molecule is CC(CO)N1C(=O)C(C)(C)N=NC1(C)CO. The smallest absolute Gasteiger partial charge is 0.254 e. The van der Waals surface area contributed by atoms with Crippen LogP contribution < -0.4 is 0 Å². The maximum Gasteiger partial charge on any atom is 0.254 e. The fraction of sp³-hybridized carbons (Fsp3) is 0.900. The molecule has 0 aromatic carbocycles. The van der Waals surface area contributed by atoms with Gasteiger partial charge in [-0.2, -0.15) is 10.2 Å². The number of carbonyl (C=O) groups excluding carboxylic acids is 1. The number of rotatable bonds is 3. The van der Waals surface area contributed by atoms with E-state index in [9.17, 15) is 9.90 Å². The lowest BCUT2D eigenvalue weighted by Gasteiger charge is -2.45. The Balaban J connectivity index is 3.18. The van der Waals surface area contributed by atoms with Crippen LogP contribution in [0.3, 0.4) is 0 Å². The Bertz CT molecular complexity index is 316. The van der Waals surface area contributed by atoms with E-state index in [1.165, 1.54) is 4.90 Å². The molecule has 0 bridgehead atoms. The second-order valence-corrected chi connectivity index (χ2v) is 4.84. The summed E-state index contributed by atoms with van der Waals surface area (Å²) in [6.07, 6.45) is 0. The molecule has 1 rings (SSSR count). The lowest BCUT2D eigenvalue weighted by Crippen LogP contribution is -2.63. The van der Waals surface area contributed by atoms with E-state index in [1.54, 1.807) is 27.7 Å². The Morgan fingerprint density at radius 1 is 1.31 bits per heavy atom. The van der Waals surface area contributed by atoms with E-state index in [0.29, 0.717) is 0 Å². The number of amides is 1. The molecular formula is C10H19N3O3. The highest BCUT2D eigenvalue weighted by Gasteiger charge is 2.47. The molecular weight excluding hydrogens is 210 g/mol. The minimum absolute atomic E-state index is 0.174. The summed E-state index contributed by atoms with van der Waals surface area (Å²) in [6.45, 7) is 6.16. The fourth-order valence-electron chi connectivity index (χ4n) is 1.70. The fourth-order valence-corrected chi connectivity index (χ4v) is 1.70. The van der Waals surface area contributed by atoms with E-state index in [-0.39, 0.29) is 19.1 Å². The van der Waals surface area contributed by atoms with E-state index in [0.717, 1.165) is 0 Å². The van der Waals surface area contributed by atoms with Crippen molar-refractivity contribution in [3.63, 3.8) is 0 Å². The number of hydrogen-bond acceptors (Lipinski definition) is 5. The van der Waals surface area contributed by atoms with E-state index in [2.05, 4.69) is 10.2 Å². The molecule has 6 nitrogen and oxygen atoms in total. The number of hydrogen-bond donors (Lipinski definition) is 2. The first kappa shape index (κ1) is 13.1. The first-order chi connectivity index (χ1) is 7.28. The Morgan fingerprint density at radius 2 is 1.88 bits per heavy atom. The van der Waals surface area contributed by atoms with Crippen LogP contribution in [0.1, 0.15) is 27.7 Å². The van der Waals surface area contributed by atoms with Crippen molar-refractivity contribution in [2.75, 3.05) is 13.2 Å². The molecule has 2 unspecified atom stereocenters. The van der Waals surface area contributed by atoms with Gasteiger partial charge in [0.2, 0.25) is 0 Å². The van der Waals surface area contributed by atoms with Crippen molar-refractivity contribution >= 4 is 5.91 Å². The third-order valence-electron chi connectivity index (χ3n) is 2.78. The molecule has 16 heavy (non-hydrogen) atoms. The molecule has 0 fully saturated rings. The van der Waals surface area contributed by atoms with Gasteiger partial charge in [-0.15, -0.1) is 0 Å². The molecule has 1 aliphatic heterocycles. The number of aliphatic hydroxyl groups excluding tert-OH is 2. The summed E-state index contributed by atoms with van der Waals surface area (Å²) in [5.41, 5.74) is -2.01. The second kappa shape index (κ2) is 4.10. The highest BCUT2D eigenvalue weighted by Crippen LogP contribution is 2.31. The van der Waals surface area contributed by atoms with E-state index in [1.807, 2.05) is 0 Å². The summed E-state index contributed by atoms with van der Waals surface area (Å²) < 4.78 is 0. The van der Waals surface area contributed by atoms with Gasteiger partial charge in [-0.1, -0.05) is 0 Å². The van der Waals surface area contributed by atoms with Crippen LogP contribution in [-0.2, 0) is 4.79 Å². The third kappa shape index (κ3) is 1.94. The molecule has 1 heterocycles. The zero-order chi connectivity index (χ0) is 12.6. The summed E-state index contributed by atoms with van der Waals surface area (Å²) in [5.74, 6) is -0.236. The van der Waals surface area contributed by atoms with Crippen LogP contribution in [0.5, 0.6) is 0 Å². The number of azo groups is 1. The van der Waals surface area contributed by atoms with E-state index >= 15 is 0 Å². The third-order valence-corrected chi connectivity index (χ3v) is 2.78. The van der Waals surface area contributed by atoms with Crippen molar-refractivity contribution < 1.29 is 15.0 Å². The van der Waals surface area contributed by atoms with Crippen molar-refractivity contribution in [1.82, 2.24) is 4.90 Å². The highest BCUT2D eigenvalue weighted by molar-refractivity contribution is 5.87. The number of nitrogens with zero attached hydrogens (tertiary/aromatic N) is 3. The van der Waals surface area contributed by atoms with Gasteiger partial charge in [0.05, 0.1) is 19.3 Å². The molecule has 0 saturated carbocycles. The molecule has 0 saturated heterocycles. The van der Waals surface area contributed by atoms with Crippen LogP contribution in [0.4, 0.5) is 0 Å². The van der Waals surface area contributed by atoms with Gasteiger partial charge >= 0.3 is 0 Å². The lowest BCUT2D eigenvalue weighted by molar-refractivity contribution is -0.152. The normalized spacial score (nSPS) is 30.6. The lowest BCUT2D eigenvalue weighted by atomic mass is 9.98. The van der Waals surface area contributed by atoms with Crippen LogP contribution in [0.15, 0.2) is 10.2 Å². The monoisotopic (exact) mass is 229 g/mol. The molecule has 0 radical (unpaired) electrons. The zero-order valence-corrected chi connectivity index (χ0v) is 10.1. The number of aliphatic hydroxyl groups is 2. The average Bonchev–Trinajstić information content (AvgIpc) is 2.24.